The molecule has 1 N–H and O–H groups in total. The number of nitrogens with zero attached hydrogens (tertiary/aromatic N) is 2. The van der Waals surface area contributed by atoms with Gasteiger partial charge in [0.1, 0.15) is 5.60 Å². The lowest BCUT2D eigenvalue weighted by Crippen LogP contribution is -2.32. The van der Waals surface area contributed by atoms with Crippen molar-refractivity contribution in [3.63, 3.8) is 0 Å². The van der Waals surface area contributed by atoms with Crippen molar-refractivity contribution in [2.75, 3.05) is 6.61 Å². The summed E-state index contributed by atoms with van der Waals surface area (Å²) in [6, 6.07) is 0.706. The number of aromatic nitrogens is 2. The van der Waals surface area contributed by atoms with Gasteiger partial charge in [-0.2, -0.15) is 0 Å². The minimum absolute atomic E-state index is 0.341. The molecule has 0 saturated heterocycles. The molecule has 4 nitrogen and oxygen atoms in total. The predicted molar refractivity (Wildman–Crippen MR) is 85.3 cm³/mol. The quantitative estimate of drug-likeness (QED) is 0.797. The van der Waals surface area contributed by atoms with Gasteiger partial charge in [-0.15, -0.1) is 0 Å². The maximum atomic E-state index is 6.03. The summed E-state index contributed by atoms with van der Waals surface area (Å²) in [5.41, 5.74) is 3.06. The van der Waals surface area contributed by atoms with Gasteiger partial charge in [-0.3, -0.25) is 0 Å². The standard InChI is InChI=1S/C17H29N3O/c1-6-17(7-2,21-8-3)16-19-12(4)15(13(5)20-16)11-18-14-9-10-14/h14,18H,6-11H2,1-5H3. The molecule has 0 spiro atoms. The van der Waals surface area contributed by atoms with E-state index in [0.29, 0.717) is 12.6 Å². The van der Waals surface area contributed by atoms with E-state index >= 15 is 0 Å². The molecule has 2 rings (SSSR count). The number of ether oxygens (including phenoxy) is 1. The highest BCUT2D eigenvalue weighted by atomic mass is 16.5. The lowest BCUT2D eigenvalue weighted by Gasteiger charge is -2.30. The first-order valence-corrected chi connectivity index (χ1v) is 8.28. The highest BCUT2D eigenvalue weighted by Crippen LogP contribution is 2.31. The Labute approximate surface area is 128 Å². The summed E-state index contributed by atoms with van der Waals surface area (Å²) in [4.78, 5) is 9.58. The number of rotatable bonds is 8. The van der Waals surface area contributed by atoms with Crippen LogP contribution in [0.5, 0.6) is 0 Å². The normalized spacial score (nSPS) is 15.5. The highest BCUT2D eigenvalue weighted by molar-refractivity contribution is 5.26. The first-order chi connectivity index (χ1) is 10.1. The fraction of sp³-hybridized carbons (Fsp3) is 0.765. The van der Waals surface area contributed by atoms with Crippen LogP contribution in [-0.2, 0) is 16.9 Å². The third-order valence-electron chi connectivity index (χ3n) is 4.54. The largest absolute Gasteiger partial charge is 0.367 e. The van der Waals surface area contributed by atoms with Crippen LogP contribution >= 0.6 is 0 Å². The molecule has 0 unspecified atom stereocenters. The molecule has 1 aliphatic carbocycles. The third kappa shape index (κ3) is 3.61. The Morgan fingerprint density at radius 2 is 1.67 bits per heavy atom. The van der Waals surface area contributed by atoms with E-state index in [-0.39, 0.29) is 5.60 Å². The first-order valence-electron chi connectivity index (χ1n) is 8.28. The highest BCUT2D eigenvalue weighted by Gasteiger charge is 2.33. The van der Waals surface area contributed by atoms with Crippen molar-refractivity contribution in [3.05, 3.63) is 22.8 Å². The maximum Gasteiger partial charge on any atom is 0.160 e. The second-order valence-corrected chi connectivity index (χ2v) is 5.99. The summed E-state index contributed by atoms with van der Waals surface area (Å²) < 4.78 is 6.03. The van der Waals surface area contributed by atoms with E-state index in [1.165, 1.54) is 18.4 Å². The molecule has 1 fully saturated rings. The molecule has 1 saturated carbocycles. The Bertz CT molecular complexity index is 456. The van der Waals surface area contributed by atoms with Crippen molar-refractivity contribution in [2.45, 2.75) is 78.5 Å². The predicted octanol–water partition coefficient (Wildman–Crippen LogP) is 3.40. The summed E-state index contributed by atoms with van der Waals surface area (Å²) >= 11 is 0. The second kappa shape index (κ2) is 6.84. The topological polar surface area (TPSA) is 47.0 Å². The maximum absolute atomic E-state index is 6.03. The molecule has 118 valence electrons. The molecule has 0 aromatic carbocycles. The fourth-order valence-electron chi connectivity index (χ4n) is 2.84. The summed E-state index contributed by atoms with van der Waals surface area (Å²) in [6.45, 7) is 12.1. The Hall–Kier alpha value is -1.00. The monoisotopic (exact) mass is 291 g/mol. The van der Waals surface area contributed by atoms with Gasteiger partial charge >= 0.3 is 0 Å². The molecular weight excluding hydrogens is 262 g/mol. The van der Waals surface area contributed by atoms with Gasteiger partial charge in [0, 0.05) is 36.1 Å². The Morgan fingerprint density at radius 1 is 1.10 bits per heavy atom. The van der Waals surface area contributed by atoms with Crippen LogP contribution in [0.25, 0.3) is 0 Å². The molecular formula is C17H29N3O. The summed E-state index contributed by atoms with van der Waals surface area (Å²) in [5, 5.41) is 3.55. The van der Waals surface area contributed by atoms with Crippen molar-refractivity contribution >= 4 is 0 Å². The molecule has 0 amide bonds. The number of aryl methyl sites for hydroxylation is 2. The van der Waals surface area contributed by atoms with Gasteiger partial charge in [-0.1, -0.05) is 13.8 Å². The Balaban J connectivity index is 2.27. The van der Waals surface area contributed by atoms with Crippen LogP contribution in [0.3, 0.4) is 0 Å². The Morgan fingerprint density at radius 3 is 2.10 bits per heavy atom. The average Bonchev–Trinajstić information content (AvgIpc) is 3.28. The number of hydrogen-bond donors (Lipinski definition) is 1. The molecule has 1 aromatic heterocycles. The first kappa shape index (κ1) is 16.4. The van der Waals surface area contributed by atoms with E-state index in [0.717, 1.165) is 36.6 Å². The fourth-order valence-corrected chi connectivity index (χ4v) is 2.84. The van der Waals surface area contributed by atoms with Crippen molar-refractivity contribution in [3.8, 4) is 0 Å². The minimum atomic E-state index is -0.341. The molecule has 0 atom stereocenters. The van der Waals surface area contributed by atoms with Crippen molar-refractivity contribution in [1.82, 2.24) is 15.3 Å². The van der Waals surface area contributed by atoms with Crippen molar-refractivity contribution in [1.29, 1.82) is 0 Å². The van der Waals surface area contributed by atoms with Crippen LogP contribution in [0.4, 0.5) is 0 Å². The van der Waals surface area contributed by atoms with Gasteiger partial charge in [-0.25, -0.2) is 9.97 Å². The summed E-state index contributed by atoms with van der Waals surface area (Å²) in [6.07, 6.45) is 4.40. The smallest absolute Gasteiger partial charge is 0.160 e. The number of nitrogens with one attached hydrogen (secondary N) is 1. The average molecular weight is 291 g/mol. The van der Waals surface area contributed by atoms with Crippen molar-refractivity contribution in [2.24, 2.45) is 0 Å². The van der Waals surface area contributed by atoms with Crippen LogP contribution in [0, 0.1) is 13.8 Å². The molecule has 1 aliphatic rings. The van der Waals surface area contributed by atoms with E-state index in [2.05, 4.69) is 33.0 Å². The lowest BCUT2D eigenvalue weighted by molar-refractivity contribution is -0.0574. The molecule has 0 aliphatic heterocycles. The van der Waals surface area contributed by atoms with Gasteiger partial charge in [-0.05, 0) is 46.5 Å². The zero-order valence-corrected chi connectivity index (χ0v) is 14.1. The van der Waals surface area contributed by atoms with Crippen molar-refractivity contribution < 1.29 is 4.74 Å². The molecule has 4 heteroatoms. The van der Waals surface area contributed by atoms with Gasteiger partial charge in [0.15, 0.2) is 5.82 Å². The number of hydrogen-bond acceptors (Lipinski definition) is 4. The van der Waals surface area contributed by atoms with Gasteiger partial charge in [0.05, 0.1) is 0 Å². The molecule has 0 radical (unpaired) electrons. The van der Waals surface area contributed by atoms with Gasteiger partial charge in [0.25, 0.3) is 0 Å². The van der Waals surface area contributed by atoms with Crippen LogP contribution < -0.4 is 5.32 Å². The van der Waals surface area contributed by atoms with E-state index in [9.17, 15) is 0 Å². The molecule has 0 bridgehead atoms. The van der Waals surface area contributed by atoms with E-state index in [4.69, 9.17) is 14.7 Å². The van der Waals surface area contributed by atoms with Crippen LogP contribution in [0.2, 0.25) is 0 Å². The third-order valence-corrected chi connectivity index (χ3v) is 4.54. The lowest BCUT2D eigenvalue weighted by atomic mass is 9.95. The Kier molecular flexibility index (Phi) is 5.33. The van der Waals surface area contributed by atoms with Crippen LogP contribution in [0.1, 0.15) is 69.2 Å². The van der Waals surface area contributed by atoms with E-state index in [1.807, 2.05) is 6.92 Å². The minimum Gasteiger partial charge on any atom is -0.367 e. The summed E-state index contributed by atoms with van der Waals surface area (Å²) in [5.74, 6) is 0.847. The SMILES string of the molecule is CCOC(CC)(CC)c1nc(C)c(CNC2CC2)c(C)n1. The molecule has 21 heavy (non-hydrogen) atoms. The zero-order chi connectivity index (χ0) is 15.5. The van der Waals surface area contributed by atoms with Gasteiger partial charge in [0.2, 0.25) is 0 Å². The molecule has 1 aromatic rings. The second-order valence-electron chi connectivity index (χ2n) is 5.99. The zero-order valence-electron chi connectivity index (χ0n) is 14.1. The summed E-state index contributed by atoms with van der Waals surface area (Å²) in [7, 11) is 0. The molecule has 1 heterocycles. The van der Waals surface area contributed by atoms with Crippen LogP contribution in [0.15, 0.2) is 0 Å². The van der Waals surface area contributed by atoms with Gasteiger partial charge < -0.3 is 10.1 Å². The van der Waals surface area contributed by atoms with Crippen LogP contribution in [-0.4, -0.2) is 22.6 Å². The van der Waals surface area contributed by atoms with E-state index < -0.39 is 0 Å². The van der Waals surface area contributed by atoms with E-state index in [1.54, 1.807) is 0 Å².